The molecule has 1 aliphatic heterocycles. The second kappa shape index (κ2) is 7.42. The molecule has 1 saturated carbocycles. The van der Waals surface area contributed by atoms with Crippen molar-refractivity contribution in [1.82, 2.24) is 10.2 Å². The summed E-state index contributed by atoms with van der Waals surface area (Å²) in [6, 6.07) is 9.76. The van der Waals surface area contributed by atoms with E-state index >= 15 is 0 Å². The molecule has 21 heavy (non-hydrogen) atoms. The first-order valence-corrected chi connectivity index (χ1v) is 8.84. The van der Waals surface area contributed by atoms with Gasteiger partial charge in [0.15, 0.2) is 0 Å². The van der Waals surface area contributed by atoms with Crippen molar-refractivity contribution in [2.45, 2.75) is 51.5 Å². The molecule has 3 rings (SSSR count). The molecule has 0 spiro atoms. The molecule has 0 amide bonds. The molecule has 1 heterocycles. The SMILES string of the molecule is CC1CCC(NCCN2CCc3ccccc3CC2)CC1. The monoisotopic (exact) mass is 286 g/mol. The first kappa shape index (κ1) is 15.1. The molecule has 1 N–H and O–H groups in total. The van der Waals surface area contributed by atoms with E-state index in [4.69, 9.17) is 0 Å². The number of rotatable bonds is 4. The van der Waals surface area contributed by atoms with Crippen LogP contribution in [0.1, 0.15) is 43.7 Å². The van der Waals surface area contributed by atoms with Gasteiger partial charge in [-0.25, -0.2) is 0 Å². The van der Waals surface area contributed by atoms with E-state index < -0.39 is 0 Å². The Balaban J connectivity index is 1.39. The molecule has 0 aromatic heterocycles. The molecule has 1 fully saturated rings. The highest BCUT2D eigenvalue weighted by Crippen LogP contribution is 2.23. The smallest absolute Gasteiger partial charge is 0.0107 e. The number of nitrogens with zero attached hydrogens (tertiary/aromatic N) is 1. The summed E-state index contributed by atoms with van der Waals surface area (Å²) in [5.74, 6) is 0.951. The minimum Gasteiger partial charge on any atom is -0.313 e. The number of hydrogen-bond acceptors (Lipinski definition) is 2. The molecule has 0 saturated heterocycles. The van der Waals surface area contributed by atoms with Gasteiger partial charge in [-0.05, 0) is 55.6 Å². The van der Waals surface area contributed by atoms with Crippen LogP contribution in [-0.4, -0.2) is 37.1 Å². The fraction of sp³-hybridized carbons (Fsp3) is 0.684. The first-order chi connectivity index (χ1) is 10.3. The fourth-order valence-electron chi connectivity index (χ4n) is 3.83. The van der Waals surface area contributed by atoms with Crippen molar-refractivity contribution in [2.24, 2.45) is 5.92 Å². The molecule has 2 heteroatoms. The van der Waals surface area contributed by atoms with E-state index in [2.05, 4.69) is 41.4 Å². The van der Waals surface area contributed by atoms with Crippen LogP contribution >= 0.6 is 0 Å². The van der Waals surface area contributed by atoms with Gasteiger partial charge in [-0.1, -0.05) is 31.2 Å². The van der Waals surface area contributed by atoms with E-state index in [1.165, 1.54) is 58.2 Å². The number of hydrogen-bond donors (Lipinski definition) is 1. The highest BCUT2D eigenvalue weighted by molar-refractivity contribution is 5.28. The van der Waals surface area contributed by atoms with Crippen LogP contribution in [0.4, 0.5) is 0 Å². The third-order valence-corrected chi connectivity index (χ3v) is 5.39. The van der Waals surface area contributed by atoms with Gasteiger partial charge in [0.05, 0.1) is 0 Å². The summed E-state index contributed by atoms with van der Waals surface area (Å²) in [4.78, 5) is 2.64. The summed E-state index contributed by atoms with van der Waals surface area (Å²) in [6.45, 7) is 7.21. The Morgan fingerprint density at radius 3 is 2.24 bits per heavy atom. The maximum Gasteiger partial charge on any atom is 0.0107 e. The van der Waals surface area contributed by atoms with Crippen molar-refractivity contribution in [3.63, 3.8) is 0 Å². The van der Waals surface area contributed by atoms with E-state index in [1.54, 1.807) is 11.1 Å². The lowest BCUT2D eigenvalue weighted by Crippen LogP contribution is -2.39. The lowest BCUT2D eigenvalue weighted by Gasteiger charge is -2.28. The molecule has 2 nitrogen and oxygen atoms in total. The van der Waals surface area contributed by atoms with Crippen molar-refractivity contribution in [2.75, 3.05) is 26.2 Å². The summed E-state index contributed by atoms with van der Waals surface area (Å²) in [7, 11) is 0. The largest absolute Gasteiger partial charge is 0.313 e. The standard InChI is InChI=1S/C19H30N2/c1-16-6-8-19(9-7-16)20-12-15-21-13-10-17-4-2-3-5-18(17)11-14-21/h2-5,16,19-20H,6-15H2,1H3. The molecule has 116 valence electrons. The molecular formula is C19H30N2. The minimum atomic E-state index is 0.783. The number of benzene rings is 1. The van der Waals surface area contributed by atoms with Crippen molar-refractivity contribution in [3.05, 3.63) is 35.4 Å². The van der Waals surface area contributed by atoms with Gasteiger partial charge in [0, 0.05) is 32.2 Å². The molecule has 1 aromatic carbocycles. The lowest BCUT2D eigenvalue weighted by molar-refractivity contribution is 0.261. The van der Waals surface area contributed by atoms with E-state index in [1.807, 2.05) is 0 Å². The van der Waals surface area contributed by atoms with Crippen LogP contribution in [0.15, 0.2) is 24.3 Å². The van der Waals surface area contributed by atoms with Crippen LogP contribution in [-0.2, 0) is 12.8 Å². The predicted molar refractivity (Wildman–Crippen MR) is 89.7 cm³/mol. The average molecular weight is 286 g/mol. The van der Waals surface area contributed by atoms with Gasteiger partial charge in [0.2, 0.25) is 0 Å². The van der Waals surface area contributed by atoms with Gasteiger partial charge in [0.25, 0.3) is 0 Å². The van der Waals surface area contributed by atoms with E-state index in [-0.39, 0.29) is 0 Å². The third kappa shape index (κ3) is 4.31. The highest BCUT2D eigenvalue weighted by Gasteiger charge is 2.18. The van der Waals surface area contributed by atoms with E-state index in [0.29, 0.717) is 0 Å². The zero-order valence-electron chi connectivity index (χ0n) is 13.5. The summed E-state index contributed by atoms with van der Waals surface area (Å²) in [5, 5.41) is 3.79. The van der Waals surface area contributed by atoms with E-state index in [9.17, 15) is 0 Å². The maximum absolute atomic E-state index is 3.79. The summed E-state index contributed by atoms with van der Waals surface area (Å²) in [5.41, 5.74) is 3.13. The second-order valence-corrected chi connectivity index (χ2v) is 7.02. The minimum absolute atomic E-state index is 0.783. The second-order valence-electron chi connectivity index (χ2n) is 7.02. The number of nitrogens with one attached hydrogen (secondary N) is 1. The quantitative estimate of drug-likeness (QED) is 0.914. The van der Waals surface area contributed by atoms with E-state index in [0.717, 1.165) is 18.5 Å². The van der Waals surface area contributed by atoms with Gasteiger partial charge in [-0.3, -0.25) is 0 Å². The summed E-state index contributed by atoms with van der Waals surface area (Å²) >= 11 is 0. The van der Waals surface area contributed by atoms with Crippen molar-refractivity contribution in [1.29, 1.82) is 0 Å². The third-order valence-electron chi connectivity index (χ3n) is 5.39. The van der Waals surface area contributed by atoms with Crippen LogP contribution < -0.4 is 5.32 Å². The highest BCUT2D eigenvalue weighted by atomic mass is 15.1. The van der Waals surface area contributed by atoms with Crippen molar-refractivity contribution < 1.29 is 0 Å². The Labute approximate surface area is 129 Å². The van der Waals surface area contributed by atoms with Gasteiger partial charge >= 0.3 is 0 Å². The van der Waals surface area contributed by atoms with Crippen LogP contribution in [0.3, 0.4) is 0 Å². The topological polar surface area (TPSA) is 15.3 Å². The summed E-state index contributed by atoms with van der Waals surface area (Å²) < 4.78 is 0. The Kier molecular flexibility index (Phi) is 5.32. The van der Waals surface area contributed by atoms with Crippen molar-refractivity contribution in [3.8, 4) is 0 Å². The molecule has 0 unspecified atom stereocenters. The van der Waals surface area contributed by atoms with Gasteiger partial charge in [-0.15, -0.1) is 0 Å². The molecule has 0 bridgehead atoms. The zero-order valence-corrected chi connectivity index (χ0v) is 13.5. The lowest BCUT2D eigenvalue weighted by atomic mass is 9.87. The number of fused-ring (bicyclic) bond motifs is 1. The zero-order chi connectivity index (χ0) is 14.5. The van der Waals surface area contributed by atoms with Crippen LogP contribution in [0.2, 0.25) is 0 Å². The Bertz CT molecular complexity index is 408. The fourth-order valence-corrected chi connectivity index (χ4v) is 3.83. The van der Waals surface area contributed by atoms with Gasteiger partial charge in [0.1, 0.15) is 0 Å². The average Bonchev–Trinajstić information content (AvgIpc) is 2.72. The Morgan fingerprint density at radius 1 is 1.00 bits per heavy atom. The Morgan fingerprint density at radius 2 is 1.62 bits per heavy atom. The molecular weight excluding hydrogens is 256 g/mol. The molecule has 1 aromatic rings. The molecule has 0 radical (unpaired) electrons. The maximum atomic E-state index is 3.79. The first-order valence-electron chi connectivity index (χ1n) is 8.84. The van der Waals surface area contributed by atoms with Gasteiger partial charge in [-0.2, -0.15) is 0 Å². The van der Waals surface area contributed by atoms with Gasteiger partial charge < -0.3 is 10.2 Å². The normalized spacial score (nSPS) is 27.1. The molecule has 0 atom stereocenters. The van der Waals surface area contributed by atoms with Crippen LogP contribution in [0.25, 0.3) is 0 Å². The van der Waals surface area contributed by atoms with Crippen molar-refractivity contribution >= 4 is 0 Å². The summed E-state index contributed by atoms with van der Waals surface area (Å²) in [6.07, 6.45) is 8.03. The predicted octanol–water partition coefficient (Wildman–Crippen LogP) is 3.26. The van der Waals surface area contributed by atoms with Crippen LogP contribution in [0, 0.1) is 5.92 Å². The Hall–Kier alpha value is -0.860. The van der Waals surface area contributed by atoms with Crippen LogP contribution in [0.5, 0.6) is 0 Å². The molecule has 1 aliphatic carbocycles. The molecule has 2 aliphatic rings.